The first-order valence-corrected chi connectivity index (χ1v) is 5.91. The summed E-state index contributed by atoms with van der Waals surface area (Å²) in [5, 5.41) is 14.7. The Morgan fingerprint density at radius 2 is 2.15 bits per heavy atom. The van der Waals surface area contributed by atoms with E-state index in [9.17, 15) is 4.79 Å². The molecule has 3 aromatic rings. The molecule has 0 unspecified atom stereocenters. The van der Waals surface area contributed by atoms with Crippen molar-refractivity contribution in [2.75, 3.05) is 7.11 Å². The van der Waals surface area contributed by atoms with Gasteiger partial charge >= 0.3 is 5.97 Å². The summed E-state index contributed by atoms with van der Waals surface area (Å²) < 4.78 is 6.65. The molecular weight excluding hydrogens is 258 g/mol. The van der Waals surface area contributed by atoms with Crippen LogP contribution in [0.15, 0.2) is 42.7 Å². The minimum Gasteiger partial charge on any atom is -0.497 e. The zero-order valence-electron chi connectivity index (χ0n) is 10.6. The molecule has 0 spiro atoms. The molecule has 3 rings (SSSR count). The van der Waals surface area contributed by atoms with Crippen LogP contribution in [-0.4, -0.2) is 33.0 Å². The van der Waals surface area contributed by atoms with Gasteiger partial charge in [-0.15, -0.1) is 0 Å². The maximum atomic E-state index is 10.9. The van der Waals surface area contributed by atoms with Crippen LogP contribution in [0.25, 0.3) is 16.6 Å². The van der Waals surface area contributed by atoms with Gasteiger partial charge in [0.25, 0.3) is 0 Å². The quantitative estimate of drug-likeness (QED) is 0.788. The Kier molecular flexibility index (Phi) is 2.83. The van der Waals surface area contributed by atoms with Gasteiger partial charge in [-0.1, -0.05) is 6.07 Å². The molecule has 0 aliphatic rings. The summed E-state index contributed by atoms with van der Waals surface area (Å²) in [6.45, 7) is 0. The van der Waals surface area contributed by atoms with Crippen molar-refractivity contribution in [2.45, 2.75) is 0 Å². The number of rotatable bonds is 3. The molecule has 0 saturated carbocycles. The second kappa shape index (κ2) is 4.65. The number of nitrogens with zero attached hydrogens (tertiary/aromatic N) is 3. The van der Waals surface area contributed by atoms with Crippen LogP contribution in [0.2, 0.25) is 0 Å². The van der Waals surface area contributed by atoms with Crippen molar-refractivity contribution in [1.29, 1.82) is 0 Å². The molecule has 1 N–H and O–H groups in total. The molecule has 2 aromatic heterocycles. The van der Waals surface area contributed by atoms with E-state index in [4.69, 9.17) is 9.84 Å². The van der Waals surface area contributed by atoms with E-state index in [1.165, 1.54) is 10.7 Å². The van der Waals surface area contributed by atoms with E-state index >= 15 is 0 Å². The van der Waals surface area contributed by atoms with Crippen LogP contribution in [0.4, 0.5) is 0 Å². The van der Waals surface area contributed by atoms with Gasteiger partial charge in [0.1, 0.15) is 5.75 Å². The molecule has 0 bridgehead atoms. The third-order valence-corrected chi connectivity index (χ3v) is 2.98. The van der Waals surface area contributed by atoms with Crippen molar-refractivity contribution >= 4 is 16.7 Å². The minimum atomic E-state index is -1.07. The Morgan fingerprint density at radius 1 is 1.30 bits per heavy atom. The number of pyridine rings is 1. The van der Waals surface area contributed by atoms with Crippen molar-refractivity contribution in [2.24, 2.45) is 0 Å². The molecule has 0 atom stereocenters. The molecule has 100 valence electrons. The largest absolute Gasteiger partial charge is 0.497 e. The van der Waals surface area contributed by atoms with E-state index in [1.54, 1.807) is 19.5 Å². The van der Waals surface area contributed by atoms with Crippen molar-refractivity contribution in [3.63, 3.8) is 0 Å². The Bertz CT molecular complexity index is 795. The lowest BCUT2D eigenvalue weighted by Gasteiger charge is -2.07. The third-order valence-electron chi connectivity index (χ3n) is 2.98. The van der Waals surface area contributed by atoms with Gasteiger partial charge in [-0.05, 0) is 29.7 Å². The second-order valence-corrected chi connectivity index (χ2v) is 4.17. The first-order valence-electron chi connectivity index (χ1n) is 5.91. The average molecular weight is 269 g/mol. The molecule has 0 saturated heterocycles. The number of carboxylic acid groups (broad SMARTS) is 1. The smallest absolute Gasteiger partial charge is 0.356 e. The van der Waals surface area contributed by atoms with Crippen LogP contribution in [0.3, 0.4) is 0 Å². The lowest BCUT2D eigenvalue weighted by Crippen LogP contribution is -2.03. The molecule has 1 aromatic carbocycles. The van der Waals surface area contributed by atoms with Crippen molar-refractivity contribution in [3.05, 3.63) is 48.4 Å². The average Bonchev–Trinajstić information content (AvgIpc) is 2.96. The summed E-state index contributed by atoms with van der Waals surface area (Å²) >= 11 is 0. The number of benzene rings is 1. The molecule has 0 aliphatic carbocycles. The summed E-state index contributed by atoms with van der Waals surface area (Å²) in [4.78, 5) is 15.2. The van der Waals surface area contributed by atoms with Gasteiger partial charge in [0.05, 0.1) is 7.11 Å². The zero-order chi connectivity index (χ0) is 14.1. The Balaban J connectivity index is 2.21. The van der Waals surface area contributed by atoms with Crippen molar-refractivity contribution in [3.8, 4) is 11.6 Å². The first-order chi connectivity index (χ1) is 9.69. The van der Waals surface area contributed by atoms with E-state index in [1.807, 2.05) is 24.3 Å². The van der Waals surface area contributed by atoms with Gasteiger partial charge < -0.3 is 9.84 Å². The SMILES string of the molecule is COc1ccc2ccnc(-n3ccc(C(=O)O)n3)c2c1. The standard InChI is InChI=1S/C14H11N3O3/c1-20-10-3-2-9-4-6-15-13(11(9)8-10)17-7-5-12(16-17)14(18)19/h2-8H,1H3,(H,18,19). The van der Waals surface area contributed by atoms with Crippen LogP contribution in [0.1, 0.15) is 10.5 Å². The number of aromatic nitrogens is 3. The molecule has 20 heavy (non-hydrogen) atoms. The van der Waals surface area contributed by atoms with E-state index in [-0.39, 0.29) is 5.69 Å². The van der Waals surface area contributed by atoms with Crippen molar-refractivity contribution < 1.29 is 14.6 Å². The number of carboxylic acids is 1. The van der Waals surface area contributed by atoms with Crippen molar-refractivity contribution in [1.82, 2.24) is 14.8 Å². The fourth-order valence-electron chi connectivity index (χ4n) is 2.00. The Morgan fingerprint density at radius 3 is 2.85 bits per heavy atom. The normalized spacial score (nSPS) is 10.7. The highest BCUT2D eigenvalue weighted by Gasteiger charge is 2.11. The van der Waals surface area contributed by atoms with Crippen LogP contribution in [0, 0.1) is 0 Å². The molecule has 0 aliphatic heterocycles. The van der Waals surface area contributed by atoms with Gasteiger partial charge in [-0.25, -0.2) is 14.5 Å². The maximum absolute atomic E-state index is 10.9. The number of carbonyl (C=O) groups is 1. The van der Waals surface area contributed by atoms with E-state index in [2.05, 4.69) is 10.1 Å². The maximum Gasteiger partial charge on any atom is 0.356 e. The first kappa shape index (κ1) is 12.2. The predicted molar refractivity (Wildman–Crippen MR) is 72.4 cm³/mol. The fraction of sp³-hybridized carbons (Fsp3) is 0.0714. The van der Waals surface area contributed by atoms with Crippen LogP contribution in [0.5, 0.6) is 5.75 Å². The van der Waals surface area contributed by atoms with Crippen LogP contribution >= 0.6 is 0 Å². The minimum absolute atomic E-state index is 0.0216. The van der Waals surface area contributed by atoms with Gasteiger partial charge in [0, 0.05) is 17.8 Å². The van der Waals surface area contributed by atoms with Crippen LogP contribution < -0.4 is 4.74 Å². The fourth-order valence-corrected chi connectivity index (χ4v) is 2.00. The Hall–Kier alpha value is -2.89. The summed E-state index contributed by atoms with van der Waals surface area (Å²) in [7, 11) is 1.59. The molecule has 2 heterocycles. The summed E-state index contributed by atoms with van der Waals surface area (Å²) in [6.07, 6.45) is 3.23. The second-order valence-electron chi connectivity index (χ2n) is 4.17. The molecule has 6 nitrogen and oxygen atoms in total. The molecule has 6 heteroatoms. The number of ether oxygens (including phenoxy) is 1. The van der Waals surface area contributed by atoms with E-state index in [0.717, 1.165) is 10.8 Å². The number of methoxy groups -OCH3 is 1. The molecule has 0 radical (unpaired) electrons. The number of aromatic carboxylic acids is 1. The van der Waals surface area contributed by atoms with Gasteiger partial charge in [0.2, 0.25) is 0 Å². The zero-order valence-corrected chi connectivity index (χ0v) is 10.6. The highest BCUT2D eigenvalue weighted by Crippen LogP contribution is 2.24. The number of hydrogen-bond donors (Lipinski definition) is 1. The highest BCUT2D eigenvalue weighted by atomic mass is 16.5. The van der Waals surface area contributed by atoms with Gasteiger partial charge in [-0.3, -0.25) is 0 Å². The van der Waals surface area contributed by atoms with Crippen LogP contribution in [-0.2, 0) is 0 Å². The van der Waals surface area contributed by atoms with Gasteiger partial charge in [0.15, 0.2) is 11.5 Å². The predicted octanol–water partition coefficient (Wildman–Crippen LogP) is 2.13. The molecular formula is C14H11N3O3. The monoisotopic (exact) mass is 269 g/mol. The topological polar surface area (TPSA) is 77.2 Å². The number of fused-ring (bicyclic) bond motifs is 1. The highest BCUT2D eigenvalue weighted by molar-refractivity contribution is 5.90. The lowest BCUT2D eigenvalue weighted by atomic mass is 10.1. The molecule has 0 amide bonds. The molecule has 0 fully saturated rings. The van der Waals surface area contributed by atoms with Gasteiger partial charge in [-0.2, -0.15) is 5.10 Å². The van der Waals surface area contributed by atoms with E-state index in [0.29, 0.717) is 11.6 Å². The Labute approximate surface area is 114 Å². The van der Waals surface area contributed by atoms with E-state index < -0.39 is 5.97 Å². The summed E-state index contributed by atoms with van der Waals surface area (Å²) in [5.74, 6) is 0.202. The third kappa shape index (κ3) is 1.97. The summed E-state index contributed by atoms with van der Waals surface area (Å²) in [6, 6.07) is 8.93. The number of hydrogen-bond acceptors (Lipinski definition) is 4. The summed E-state index contributed by atoms with van der Waals surface area (Å²) in [5.41, 5.74) is -0.0216. The lowest BCUT2D eigenvalue weighted by molar-refractivity contribution is 0.0690.